The zero-order chi connectivity index (χ0) is 19.8. The highest BCUT2D eigenvalue weighted by Gasteiger charge is 1.96. The summed E-state index contributed by atoms with van der Waals surface area (Å²) < 4.78 is 8.83. The van der Waals surface area contributed by atoms with Gasteiger partial charge < -0.3 is 9.26 Å². The molecule has 1 aromatic heterocycles. The van der Waals surface area contributed by atoms with E-state index in [1.54, 1.807) is 12.5 Å². The lowest BCUT2D eigenvalue weighted by Crippen LogP contribution is -1.88. The number of methoxy groups -OCH3 is 1. The molecule has 4 heteroatoms. The standard InChI is InChI=1S/C9H7NO.C3H6O2.4C2H6/c1-2-4-8(5-3-1)9-6-10-11-7-9;1-3(4)5-2;4*1-2/h1-7H;1-2H3;4*1-2H3. The Morgan fingerprint density at radius 2 is 1.29 bits per heavy atom. The van der Waals surface area contributed by atoms with Gasteiger partial charge in [0.2, 0.25) is 0 Å². The molecule has 2 aromatic rings. The molecule has 0 radical (unpaired) electrons. The van der Waals surface area contributed by atoms with Crippen molar-refractivity contribution >= 4 is 5.97 Å². The number of benzene rings is 1. The molecule has 2 rings (SSSR count). The lowest BCUT2D eigenvalue weighted by molar-refractivity contribution is -0.137. The van der Waals surface area contributed by atoms with Crippen LogP contribution in [0.25, 0.3) is 11.1 Å². The Hall–Kier alpha value is -2.10. The zero-order valence-electron chi connectivity index (χ0n) is 17.2. The number of hydrogen-bond donors (Lipinski definition) is 0. The summed E-state index contributed by atoms with van der Waals surface area (Å²) in [5.41, 5.74) is 2.15. The maximum absolute atomic E-state index is 9.59. The minimum absolute atomic E-state index is 0.245. The van der Waals surface area contributed by atoms with E-state index >= 15 is 0 Å². The third kappa shape index (κ3) is 19.9. The number of carbonyl (C=O) groups is 1. The largest absolute Gasteiger partial charge is 0.469 e. The van der Waals surface area contributed by atoms with E-state index in [0.717, 1.165) is 11.1 Å². The van der Waals surface area contributed by atoms with Crippen LogP contribution in [0.3, 0.4) is 0 Å². The summed E-state index contributed by atoms with van der Waals surface area (Å²) in [6, 6.07) is 10.0. The smallest absolute Gasteiger partial charge is 0.302 e. The predicted octanol–water partition coefficient (Wildman–Crippen LogP) is 6.63. The Balaban J connectivity index is -0.000000132. The first-order valence-corrected chi connectivity index (χ1v) is 8.73. The van der Waals surface area contributed by atoms with Gasteiger partial charge in [-0.05, 0) is 5.56 Å². The summed E-state index contributed by atoms with van der Waals surface area (Å²) in [4.78, 5) is 9.59. The molecule has 140 valence electrons. The Morgan fingerprint density at radius 1 is 0.875 bits per heavy atom. The van der Waals surface area contributed by atoms with Crippen molar-refractivity contribution in [2.45, 2.75) is 62.3 Å². The van der Waals surface area contributed by atoms with Gasteiger partial charge in [0.15, 0.2) is 0 Å². The third-order valence-electron chi connectivity index (χ3n) is 1.83. The molecule has 0 atom stereocenters. The Kier molecular flexibility index (Phi) is 36.0. The van der Waals surface area contributed by atoms with Crippen LogP contribution in [-0.2, 0) is 9.53 Å². The van der Waals surface area contributed by atoms with Gasteiger partial charge in [0.25, 0.3) is 0 Å². The Morgan fingerprint density at radius 3 is 1.58 bits per heavy atom. The van der Waals surface area contributed by atoms with Crippen LogP contribution in [0.5, 0.6) is 0 Å². The van der Waals surface area contributed by atoms with Gasteiger partial charge in [-0.15, -0.1) is 0 Å². The van der Waals surface area contributed by atoms with Crippen molar-refractivity contribution in [2.24, 2.45) is 0 Å². The van der Waals surface area contributed by atoms with Crippen molar-refractivity contribution in [3.05, 3.63) is 42.8 Å². The quantitative estimate of drug-likeness (QED) is 0.547. The molecule has 0 aliphatic rings. The molecule has 0 bridgehead atoms. The van der Waals surface area contributed by atoms with Crippen LogP contribution >= 0.6 is 0 Å². The molecule has 0 fully saturated rings. The first-order valence-electron chi connectivity index (χ1n) is 8.73. The number of rotatable bonds is 1. The van der Waals surface area contributed by atoms with Gasteiger partial charge >= 0.3 is 5.97 Å². The maximum Gasteiger partial charge on any atom is 0.302 e. The molecular formula is C20H37NO3. The van der Waals surface area contributed by atoms with E-state index in [0.29, 0.717) is 0 Å². The van der Waals surface area contributed by atoms with Crippen LogP contribution in [0, 0.1) is 0 Å². The van der Waals surface area contributed by atoms with E-state index in [-0.39, 0.29) is 5.97 Å². The molecule has 0 unspecified atom stereocenters. The summed E-state index contributed by atoms with van der Waals surface area (Å²) >= 11 is 0. The molecule has 0 aliphatic heterocycles. The summed E-state index contributed by atoms with van der Waals surface area (Å²) in [7, 11) is 1.35. The Labute approximate surface area is 149 Å². The first-order chi connectivity index (χ1) is 11.7. The van der Waals surface area contributed by atoms with Crippen molar-refractivity contribution < 1.29 is 14.1 Å². The molecular weight excluding hydrogens is 302 g/mol. The average Bonchev–Trinajstić information content (AvgIpc) is 3.24. The number of ether oxygens (including phenoxy) is 1. The zero-order valence-corrected chi connectivity index (χ0v) is 17.2. The highest BCUT2D eigenvalue weighted by Crippen LogP contribution is 2.16. The number of hydrogen-bond acceptors (Lipinski definition) is 4. The van der Waals surface area contributed by atoms with E-state index in [4.69, 9.17) is 4.52 Å². The van der Waals surface area contributed by atoms with Gasteiger partial charge in [-0.3, -0.25) is 4.79 Å². The van der Waals surface area contributed by atoms with Gasteiger partial charge in [0.1, 0.15) is 6.26 Å². The van der Waals surface area contributed by atoms with Crippen LogP contribution in [0.1, 0.15) is 62.3 Å². The summed E-state index contributed by atoms with van der Waals surface area (Å²) in [6.07, 6.45) is 3.34. The Bertz CT molecular complexity index is 412. The number of nitrogens with zero attached hydrogens (tertiary/aromatic N) is 1. The topological polar surface area (TPSA) is 52.3 Å². The fourth-order valence-electron chi connectivity index (χ4n) is 0.978. The van der Waals surface area contributed by atoms with E-state index in [2.05, 4.69) is 9.89 Å². The van der Waals surface area contributed by atoms with Crippen LogP contribution in [0.15, 0.2) is 47.3 Å². The maximum atomic E-state index is 9.59. The fourth-order valence-corrected chi connectivity index (χ4v) is 0.978. The van der Waals surface area contributed by atoms with E-state index in [9.17, 15) is 4.79 Å². The van der Waals surface area contributed by atoms with Gasteiger partial charge in [-0.1, -0.05) is 90.9 Å². The van der Waals surface area contributed by atoms with Crippen molar-refractivity contribution in [1.82, 2.24) is 5.16 Å². The van der Waals surface area contributed by atoms with E-state index in [1.807, 2.05) is 85.7 Å². The summed E-state index contributed by atoms with van der Waals surface area (Å²) in [5.74, 6) is -0.245. The second-order valence-corrected chi connectivity index (χ2v) is 2.97. The van der Waals surface area contributed by atoms with Crippen molar-refractivity contribution in [2.75, 3.05) is 7.11 Å². The van der Waals surface area contributed by atoms with Gasteiger partial charge in [0, 0.05) is 12.5 Å². The van der Waals surface area contributed by atoms with Crippen LogP contribution in [0.4, 0.5) is 0 Å². The highest BCUT2D eigenvalue weighted by atomic mass is 16.5. The number of aromatic nitrogens is 1. The molecule has 0 N–H and O–H groups in total. The molecule has 0 amide bonds. The molecule has 0 aliphatic carbocycles. The van der Waals surface area contributed by atoms with Gasteiger partial charge in [-0.25, -0.2) is 0 Å². The number of carbonyl (C=O) groups excluding carboxylic acids is 1. The number of esters is 1. The minimum atomic E-state index is -0.245. The fraction of sp³-hybridized carbons (Fsp3) is 0.500. The van der Waals surface area contributed by atoms with Crippen LogP contribution < -0.4 is 0 Å². The lowest BCUT2D eigenvalue weighted by atomic mass is 10.1. The normalized spacial score (nSPS) is 6.92. The van der Waals surface area contributed by atoms with E-state index in [1.165, 1.54) is 14.0 Å². The third-order valence-corrected chi connectivity index (χ3v) is 1.83. The molecule has 1 aromatic carbocycles. The molecule has 24 heavy (non-hydrogen) atoms. The summed E-state index contributed by atoms with van der Waals surface area (Å²) in [5, 5.41) is 3.62. The monoisotopic (exact) mass is 339 g/mol. The first kappa shape index (κ1) is 29.9. The predicted molar refractivity (Wildman–Crippen MR) is 105 cm³/mol. The van der Waals surface area contributed by atoms with Crippen molar-refractivity contribution in [1.29, 1.82) is 0 Å². The molecule has 0 spiro atoms. The van der Waals surface area contributed by atoms with Crippen molar-refractivity contribution in [3.8, 4) is 11.1 Å². The van der Waals surface area contributed by atoms with E-state index < -0.39 is 0 Å². The molecule has 1 heterocycles. The van der Waals surface area contributed by atoms with Crippen LogP contribution in [-0.4, -0.2) is 18.2 Å². The second kappa shape index (κ2) is 29.0. The second-order valence-electron chi connectivity index (χ2n) is 2.97. The van der Waals surface area contributed by atoms with Crippen LogP contribution in [0.2, 0.25) is 0 Å². The SMILES string of the molecule is CC.CC.CC.CC.COC(C)=O.c1ccc(-c2cnoc2)cc1. The summed E-state index contributed by atoms with van der Waals surface area (Å²) in [6.45, 7) is 17.4. The average molecular weight is 340 g/mol. The lowest BCUT2D eigenvalue weighted by Gasteiger charge is -1.91. The molecule has 0 saturated heterocycles. The minimum Gasteiger partial charge on any atom is -0.469 e. The highest BCUT2D eigenvalue weighted by molar-refractivity contribution is 5.65. The molecule has 0 saturated carbocycles. The van der Waals surface area contributed by atoms with Crippen molar-refractivity contribution in [3.63, 3.8) is 0 Å². The van der Waals surface area contributed by atoms with Gasteiger partial charge in [-0.2, -0.15) is 0 Å². The van der Waals surface area contributed by atoms with Gasteiger partial charge in [0.05, 0.1) is 13.3 Å². The molecule has 4 nitrogen and oxygen atoms in total.